The smallest absolute Gasteiger partial charge is 0.306 e. The van der Waals surface area contributed by atoms with Gasteiger partial charge in [-0.2, -0.15) is 0 Å². The van der Waals surface area contributed by atoms with Crippen molar-refractivity contribution in [1.82, 2.24) is 0 Å². The van der Waals surface area contributed by atoms with E-state index < -0.39 is 6.10 Å². The average Bonchev–Trinajstić information content (AvgIpc) is 3.39. The molecule has 1 atom stereocenters. The van der Waals surface area contributed by atoms with Gasteiger partial charge >= 0.3 is 17.9 Å². The number of hydrogen-bond donors (Lipinski definition) is 0. The fourth-order valence-electron chi connectivity index (χ4n) is 8.48. The molecule has 0 heterocycles. The molecule has 6 heteroatoms. The molecule has 0 aliphatic heterocycles. The lowest BCUT2D eigenvalue weighted by atomic mass is 10.1. The lowest BCUT2D eigenvalue weighted by Crippen LogP contribution is -2.30. The molecule has 0 aromatic heterocycles. The monoisotopic (exact) mass is 1010 g/mol. The zero-order valence-electron chi connectivity index (χ0n) is 47.9. The Labute approximate surface area is 451 Å². The molecule has 0 fully saturated rings. The van der Waals surface area contributed by atoms with Gasteiger partial charge in [0, 0.05) is 19.3 Å². The van der Waals surface area contributed by atoms with E-state index in [1.807, 2.05) is 0 Å². The summed E-state index contributed by atoms with van der Waals surface area (Å²) in [4.78, 5) is 38.2. The molecule has 6 nitrogen and oxygen atoms in total. The molecule has 418 valence electrons. The zero-order chi connectivity index (χ0) is 52.9. The van der Waals surface area contributed by atoms with Crippen LogP contribution in [0.2, 0.25) is 0 Å². The van der Waals surface area contributed by atoms with Crippen molar-refractivity contribution in [3.05, 3.63) is 97.2 Å². The topological polar surface area (TPSA) is 78.9 Å². The number of esters is 3. The van der Waals surface area contributed by atoms with E-state index in [0.717, 1.165) is 109 Å². The van der Waals surface area contributed by atoms with Gasteiger partial charge in [-0.05, 0) is 103 Å². The van der Waals surface area contributed by atoms with Crippen LogP contribution in [0.5, 0.6) is 0 Å². The van der Waals surface area contributed by atoms with Crippen LogP contribution in [0.4, 0.5) is 0 Å². The third-order valence-electron chi connectivity index (χ3n) is 13.1. The fraction of sp³-hybridized carbons (Fsp3) is 0.716. The third kappa shape index (κ3) is 59.1. The highest BCUT2D eigenvalue weighted by molar-refractivity contribution is 5.71. The maximum Gasteiger partial charge on any atom is 0.306 e. The molecular weight excluding hydrogens is 901 g/mol. The van der Waals surface area contributed by atoms with Gasteiger partial charge in [0.15, 0.2) is 6.10 Å². The summed E-state index contributed by atoms with van der Waals surface area (Å²) < 4.78 is 16.9. The van der Waals surface area contributed by atoms with E-state index in [9.17, 15) is 14.4 Å². The Morgan fingerprint density at radius 2 is 0.534 bits per heavy atom. The van der Waals surface area contributed by atoms with Crippen molar-refractivity contribution in [2.24, 2.45) is 0 Å². The Morgan fingerprint density at radius 3 is 0.863 bits per heavy atom. The molecule has 0 saturated heterocycles. The summed E-state index contributed by atoms with van der Waals surface area (Å²) in [7, 11) is 0. The zero-order valence-corrected chi connectivity index (χ0v) is 47.9. The lowest BCUT2D eigenvalue weighted by Gasteiger charge is -2.18. The highest BCUT2D eigenvalue weighted by atomic mass is 16.6. The van der Waals surface area contributed by atoms with Crippen molar-refractivity contribution in [1.29, 1.82) is 0 Å². The van der Waals surface area contributed by atoms with Crippen LogP contribution >= 0.6 is 0 Å². The number of rotatable bonds is 55. The predicted molar refractivity (Wildman–Crippen MR) is 316 cm³/mol. The van der Waals surface area contributed by atoms with Crippen LogP contribution in [0, 0.1) is 0 Å². The second-order valence-electron chi connectivity index (χ2n) is 20.2. The largest absolute Gasteiger partial charge is 0.462 e. The highest BCUT2D eigenvalue weighted by Gasteiger charge is 2.19. The first-order valence-corrected chi connectivity index (χ1v) is 30.7. The average molecular weight is 1020 g/mol. The molecule has 0 bridgehead atoms. The third-order valence-corrected chi connectivity index (χ3v) is 13.1. The van der Waals surface area contributed by atoms with Crippen LogP contribution in [-0.4, -0.2) is 37.2 Å². The number of allylic oxidation sites excluding steroid dienone is 16. The molecule has 0 aliphatic carbocycles. The summed E-state index contributed by atoms with van der Waals surface area (Å²) in [5.41, 5.74) is 0. The quantitative estimate of drug-likeness (QED) is 0.0261. The Bertz CT molecular complexity index is 1440. The van der Waals surface area contributed by atoms with Crippen LogP contribution in [0.3, 0.4) is 0 Å². The Balaban J connectivity index is 4.38. The standard InChI is InChI=1S/C67H114O6/c1-4-7-10-13-16-19-22-24-26-28-30-31-32-33-34-35-37-38-40-42-45-48-51-54-57-60-66(69)72-63-64(62-71-65(68)59-56-53-50-47-44-21-18-15-12-9-6-3)73-67(70)61-58-55-52-49-46-43-41-39-36-29-27-25-23-20-17-14-11-8-5-2/h7,10,16,19,24-27,30-31,33-34,37-38,42,45,64H,4-6,8-9,11-15,17-18,20-23,28-29,32,35-36,39-41,43-44,46-63H2,1-3H3/b10-7-,19-16-,26-24-,27-25-,31-30-,34-33-,38-37-,45-42-. The van der Waals surface area contributed by atoms with Gasteiger partial charge in [-0.25, -0.2) is 0 Å². The molecule has 0 aromatic rings. The van der Waals surface area contributed by atoms with E-state index >= 15 is 0 Å². The second-order valence-corrected chi connectivity index (χ2v) is 20.2. The van der Waals surface area contributed by atoms with Gasteiger partial charge in [-0.1, -0.05) is 266 Å². The van der Waals surface area contributed by atoms with Gasteiger partial charge < -0.3 is 14.2 Å². The van der Waals surface area contributed by atoms with Crippen molar-refractivity contribution >= 4 is 17.9 Å². The number of carbonyl (C=O) groups excluding carboxylic acids is 3. The van der Waals surface area contributed by atoms with Crippen molar-refractivity contribution in [2.45, 2.75) is 297 Å². The van der Waals surface area contributed by atoms with Gasteiger partial charge in [0.2, 0.25) is 0 Å². The molecule has 0 amide bonds. The second kappa shape index (κ2) is 60.9. The molecule has 0 rings (SSSR count). The van der Waals surface area contributed by atoms with Crippen LogP contribution in [-0.2, 0) is 28.6 Å². The maximum atomic E-state index is 12.9. The first-order chi connectivity index (χ1) is 36.0. The van der Waals surface area contributed by atoms with E-state index in [2.05, 4.69) is 118 Å². The Hall–Kier alpha value is -3.67. The molecule has 0 saturated carbocycles. The summed E-state index contributed by atoms with van der Waals surface area (Å²) in [5.74, 6) is -0.917. The minimum Gasteiger partial charge on any atom is -0.462 e. The van der Waals surface area contributed by atoms with E-state index in [-0.39, 0.29) is 31.1 Å². The van der Waals surface area contributed by atoms with Crippen LogP contribution < -0.4 is 0 Å². The molecule has 0 radical (unpaired) electrons. The van der Waals surface area contributed by atoms with E-state index in [1.54, 1.807) is 0 Å². The van der Waals surface area contributed by atoms with Crippen molar-refractivity contribution in [2.75, 3.05) is 13.2 Å². The number of hydrogen-bond acceptors (Lipinski definition) is 6. The van der Waals surface area contributed by atoms with Crippen LogP contribution in [0.1, 0.15) is 290 Å². The minimum atomic E-state index is -0.792. The van der Waals surface area contributed by atoms with Gasteiger partial charge in [0.05, 0.1) is 0 Å². The number of unbranched alkanes of at least 4 members (excludes halogenated alkanes) is 28. The Morgan fingerprint density at radius 1 is 0.288 bits per heavy atom. The molecule has 0 spiro atoms. The summed E-state index contributed by atoms with van der Waals surface area (Å²) in [6, 6.07) is 0. The first kappa shape index (κ1) is 69.3. The van der Waals surface area contributed by atoms with Crippen LogP contribution in [0.25, 0.3) is 0 Å². The van der Waals surface area contributed by atoms with Gasteiger partial charge in [0.1, 0.15) is 13.2 Å². The molecule has 0 N–H and O–H groups in total. The predicted octanol–water partition coefficient (Wildman–Crippen LogP) is 20.9. The first-order valence-electron chi connectivity index (χ1n) is 30.7. The van der Waals surface area contributed by atoms with E-state index in [1.165, 1.54) is 141 Å². The molecule has 1 unspecified atom stereocenters. The minimum absolute atomic E-state index is 0.0870. The molecule has 73 heavy (non-hydrogen) atoms. The van der Waals surface area contributed by atoms with E-state index in [4.69, 9.17) is 14.2 Å². The normalized spacial score (nSPS) is 12.8. The SMILES string of the molecule is CC/C=C\C/C=C\C/C=C\C/C=C\C/C=C\C/C=C\C/C=C\CCCCCC(=O)OCC(COC(=O)CCCCCCCCCCCCC)OC(=O)CCCCCCCCCCC/C=C\CCCCCCCC. The number of ether oxygens (including phenoxy) is 3. The lowest BCUT2D eigenvalue weighted by molar-refractivity contribution is -0.167. The van der Waals surface area contributed by atoms with Gasteiger partial charge in [-0.15, -0.1) is 0 Å². The Kier molecular flexibility index (Phi) is 57.8. The van der Waals surface area contributed by atoms with E-state index in [0.29, 0.717) is 19.3 Å². The van der Waals surface area contributed by atoms with Crippen molar-refractivity contribution < 1.29 is 28.6 Å². The van der Waals surface area contributed by atoms with Gasteiger partial charge in [0.25, 0.3) is 0 Å². The molecule has 0 aromatic carbocycles. The highest BCUT2D eigenvalue weighted by Crippen LogP contribution is 2.15. The van der Waals surface area contributed by atoms with Crippen molar-refractivity contribution in [3.63, 3.8) is 0 Å². The van der Waals surface area contributed by atoms with Crippen LogP contribution in [0.15, 0.2) is 97.2 Å². The summed E-state index contributed by atoms with van der Waals surface area (Å²) in [6.45, 7) is 6.50. The fourth-order valence-corrected chi connectivity index (χ4v) is 8.48. The molecular formula is C67H114O6. The van der Waals surface area contributed by atoms with Gasteiger partial charge in [-0.3, -0.25) is 14.4 Å². The number of carbonyl (C=O) groups is 3. The summed E-state index contributed by atoms with van der Waals surface area (Å²) in [6.07, 6.45) is 81.2. The molecule has 0 aliphatic rings. The summed E-state index contributed by atoms with van der Waals surface area (Å²) >= 11 is 0. The summed E-state index contributed by atoms with van der Waals surface area (Å²) in [5, 5.41) is 0. The van der Waals surface area contributed by atoms with Crippen molar-refractivity contribution in [3.8, 4) is 0 Å². The maximum absolute atomic E-state index is 12.9.